The van der Waals surface area contributed by atoms with Crippen molar-refractivity contribution in [1.29, 1.82) is 0 Å². The highest BCUT2D eigenvalue weighted by atomic mass is 16.6. The van der Waals surface area contributed by atoms with Crippen molar-refractivity contribution in [2.75, 3.05) is 38.2 Å². The van der Waals surface area contributed by atoms with E-state index in [0.29, 0.717) is 11.4 Å². The predicted octanol–water partition coefficient (Wildman–Crippen LogP) is -0.0132. The van der Waals surface area contributed by atoms with Crippen LogP contribution in [0.4, 0.5) is 11.4 Å². The number of hydrogen-bond donors (Lipinski definition) is 1. The lowest BCUT2D eigenvalue weighted by molar-refractivity contribution is -0.655. The van der Waals surface area contributed by atoms with Gasteiger partial charge >= 0.3 is 0 Å². The Kier molecular flexibility index (Phi) is 3.43. The van der Waals surface area contributed by atoms with E-state index in [1.807, 2.05) is 0 Å². The first kappa shape index (κ1) is 11.7. The summed E-state index contributed by atoms with van der Waals surface area (Å²) in [6, 6.07) is 5.01. The molecule has 6 nitrogen and oxygen atoms in total. The lowest BCUT2D eigenvalue weighted by Crippen LogP contribution is -2.89. The van der Waals surface area contributed by atoms with Crippen LogP contribution in [0.3, 0.4) is 0 Å². The number of nitro groups is 1. The predicted molar refractivity (Wildman–Crippen MR) is 63.5 cm³/mol. The third kappa shape index (κ3) is 2.47. The molecule has 0 unspecified atom stereocenters. The number of anilines is 1. The van der Waals surface area contributed by atoms with E-state index >= 15 is 0 Å². The molecule has 0 spiro atoms. The number of ether oxygens (including phenoxy) is 1. The first-order valence-electron chi connectivity index (χ1n) is 5.61. The molecule has 2 rings (SSSR count). The minimum Gasteiger partial charge on any atom is -0.496 e. The average Bonchev–Trinajstić information content (AvgIpc) is 2.39. The first-order valence-corrected chi connectivity index (χ1v) is 5.61. The van der Waals surface area contributed by atoms with E-state index in [1.54, 1.807) is 12.1 Å². The fourth-order valence-electron chi connectivity index (χ4n) is 2.04. The molecule has 0 radical (unpaired) electrons. The van der Waals surface area contributed by atoms with E-state index in [9.17, 15) is 10.1 Å². The van der Waals surface area contributed by atoms with Crippen molar-refractivity contribution in [1.82, 2.24) is 0 Å². The van der Waals surface area contributed by atoms with Crippen molar-refractivity contribution in [3.8, 4) is 5.75 Å². The van der Waals surface area contributed by atoms with Crippen molar-refractivity contribution in [3.63, 3.8) is 0 Å². The van der Waals surface area contributed by atoms with Gasteiger partial charge in [0.25, 0.3) is 5.69 Å². The number of nitro benzene ring substituents is 1. The Morgan fingerprint density at radius 1 is 1.41 bits per heavy atom. The molecular weight excluding hydrogens is 222 g/mol. The highest BCUT2D eigenvalue weighted by Crippen LogP contribution is 2.31. The molecule has 1 aromatic rings. The van der Waals surface area contributed by atoms with Crippen molar-refractivity contribution in [2.45, 2.75) is 0 Å². The number of rotatable bonds is 3. The van der Waals surface area contributed by atoms with E-state index < -0.39 is 0 Å². The molecular formula is C11H16N3O3+. The molecule has 1 aromatic carbocycles. The molecule has 1 fully saturated rings. The lowest BCUT2D eigenvalue weighted by atomic mass is 10.2. The van der Waals surface area contributed by atoms with Gasteiger partial charge in [0.05, 0.1) is 44.3 Å². The number of piperazine rings is 1. The van der Waals surface area contributed by atoms with Crippen LogP contribution in [0.15, 0.2) is 18.2 Å². The monoisotopic (exact) mass is 238 g/mol. The second kappa shape index (κ2) is 5.01. The van der Waals surface area contributed by atoms with E-state index in [2.05, 4.69) is 10.2 Å². The summed E-state index contributed by atoms with van der Waals surface area (Å²) < 4.78 is 5.02. The van der Waals surface area contributed by atoms with Gasteiger partial charge in [-0.1, -0.05) is 0 Å². The number of benzene rings is 1. The molecule has 6 heteroatoms. The normalized spacial score (nSPS) is 15.7. The zero-order valence-electron chi connectivity index (χ0n) is 9.76. The molecule has 0 aromatic heterocycles. The molecule has 0 amide bonds. The standard InChI is InChI=1S/C11H15N3O3/c1-17-9-2-3-10(11(8-9)14(15)16)13-6-4-12-5-7-13/h2-3,8,12H,4-7H2,1H3/p+1. The third-order valence-electron chi connectivity index (χ3n) is 2.93. The summed E-state index contributed by atoms with van der Waals surface area (Å²) in [5.74, 6) is 0.518. The maximum atomic E-state index is 11.0. The van der Waals surface area contributed by atoms with Gasteiger partial charge in [-0.25, -0.2) is 0 Å². The van der Waals surface area contributed by atoms with Gasteiger partial charge in [-0.15, -0.1) is 0 Å². The maximum Gasteiger partial charge on any atom is 0.296 e. The largest absolute Gasteiger partial charge is 0.496 e. The van der Waals surface area contributed by atoms with E-state index in [0.717, 1.165) is 26.2 Å². The van der Waals surface area contributed by atoms with Gasteiger partial charge in [0.15, 0.2) is 0 Å². The molecule has 1 heterocycles. The smallest absolute Gasteiger partial charge is 0.296 e. The zero-order valence-corrected chi connectivity index (χ0v) is 9.76. The maximum absolute atomic E-state index is 11.0. The summed E-state index contributed by atoms with van der Waals surface area (Å²) in [4.78, 5) is 12.8. The van der Waals surface area contributed by atoms with E-state index in [4.69, 9.17) is 4.74 Å². The number of nitrogens with zero attached hydrogens (tertiary/aromatic N) is 2. The van der Waals surface area contributed by atoms with E-state index in [1.165, 1.54) is 13.2 Å². The van der Waals surface area contributed by atoms with Crippen LogP contribution >= 0.6 is 0 Å². The van der Waals surface area contributed by atoms with Crippen molar-refractivity contribution < 1.29 is 15.0 Å². The summed E-state index contributed by atoms with van der Waals surface area (Å²) >= 11 is 0. The lowest BCUT2D eigenvalue weighted by Gasteiger charge is -2.26. The highest BCUT2D eigenvalue weighted by Gasteiger charge is 2.22. The van der Waals surface area contributed by atoms with Crippen LogP contribution in [0.5, 0.6) is 5.75 Å². The van der Waals surface area contributed by atoms with Gasteiger partial charge in [-0.2, -0.15) is 0 Å². The fourth-order valence-corrected chi connectivity index (χ4v) is 2.04. The molecule has 92 valence electrons. The Morgan fingerprint density at radius 2 is 2.12 bits per heavy atom. The zero-order chi connectivity index (χ0) is 12.3. The summed E-state index contributed by atoms with van der Waals surface area (Å²) in [5, 5.41) is 13.3. The van der Waals surface area contributed by atoms with Crippen LogP contribution in [0.1, 0.15) is 0 Å². The summed E-state index contributed by atoms with van der Waals surface area (Å²) in [7, 11) is 1.51. The van der Waals surface area contributed by atoms with Gasteiger partial charge in [0, 0.05) is 0 Å². The van der Waals surface area contributed by atoms with Crippen LogP contribution in [0, 0.1) is 10.1 Å². The number of hydrogen-bond acceptors (Lipinski definition) is 4. The number of nitrogens with two attached hydrogens (primary N) is 1. The van der Waals surface area contributed by atoms with Gasteiger partial charge in [-0.05, 0) is 12.1 Å². The quantitative estimate of drug-likeness (QED) is 0.593. The first-order chi connectivity index (χ1) is 8.22. The Labute approximate surface area is 99.3 Å². The second-order valence-electron chi connectivity index (χ2n) is 3.96. The molecule has 0 saturated carbocycles. The van der Waals surface area contributed by atoms with Gasteiger partial charge in [0.1, 0.15) is 11.4 Å². The highest BCUT2D eigenvalue weighted by molar-refractivity contribution is 5.65. The third-order valence-corrected chi connectivity index (χ3v) is 2.93. The van der Waals surface area contributed by atoms with Crippen LogP contribution in [-0.2, 0) is 0 Å². The van der Waals surface area contributed by atoms with Crippen LogP contribution in [0.25, 0.3) is 0 Å². The molecule has 1 saturated heterocycles. The van der Waals surface area contributed by atoms with Crippen LogP contribution in [0.2, 0.25) is 0 Å². The molecule has 0 atom stereocenters. The fraction of sp³-hybridized carbons (Fsp3) is 0.455. The molecule has 1 aliphatic rings. The van der Waals surface area contributed by atoms with Gasteiger partial charge in [0.2, 0.25) is 0 Å². The number of methoxy groups -OCH3 is 1. The Balaban J connectivity index is 2.34. The van der Waals surface area contributed by atoms with Gasteiger partial charge in [-0.3, -0.25) is 10.1 Å². The van der Waals surface area contributed by atoms with Gasteiger partial charge < -0.3 is 15.0 Å². The Hall–Kier alpha value is -1.82. The Morgan fingerprint density at radius 3 is 2.71 bits per heavy atom. The van der Waals surface area contributed by atoms with Crippen LogP contribution < -0.4 is 15.0 Å². The van der Waals surface area contributed by atoms with Crippen LogP contribution in [-0.4, -0.2) is 38.2 Å². The summed E-state index contributed by atoms with van der Waals surface area (Å²) in [5.41, 5.74) is 0.801. The average molecular weight is 238 g/mol. The molecule has 0 aliphatic carbocycles. The second-order valence-corrected chi connectivity index (χ2v) is 3.96. The number of quaternary nitrogens is 1. The summed E-state index contributed by atoms with van der Waals surface area (Å²) in [6.45, 7) is 3.63. The van der Waals surface area contributed by atoms with Crippen molar-refractivity contribution in [3.05, 3.63) is 28.3 Å². The molecule has 1 aliphatic heterocycles. The molecule has 2 N–H and O–H groups in total. The minimum atomic E-state index is -0.351. The summed E-state index contributed by atoms with van der Waals surface area (Å²) in [6.07, 6.45) is 0. The van der Waals surface area contributed by atoms with Crippen molar-refractivity contribution in [2.24, 2.45) is 0 Å². The molecule has 17 heavy (non-hydrogen) atoms. The van der Waals surface area contributed by atoms with Crippen molar-refractivity contribution >= 4 is 11.4 Å². The van der Waals surface area contributed by atoms with E-state index in [-0.39, 0.29) is 10.6 Å². The molecule has 0 bridgehead atoms. The topological polar surface area (TPSA) is 72.2 Å². The SMILES string of the molecule is COc1ccc(N2CC[NH2+]CC2)c([N+](=O)[O-])c1. The Bertz CT molecular complexity index is 416. The minimum absolute atomic E-state index is 0.117.